The fourth-order valence-electron chi connectivity index (χ4n) is 1.85. The quantitative estimate of drug-likeness (QED) is 0.591. The number of hydrogen-bond donors (Lipinski definition) is 1. The number of nitrogens with two attached hydrogens (primary N) is 1. The van der Waals surface area contributed by atoms with E-state index in [0.717, 1.165) is 12.8 Å². The molecular weight excluding hydrogens is 250 g/mol. The van der Waals surface area contributed by atoms with Gasteiger partial charge in [-0.1, -0.05) is 46.0 Å². The lowest BCUT2D eigenvalue weighted by molar-refractivity contribution is 0.0373. The van der Waals surface area contributed by atoms with E-state index in [1.165, 1.54) is 25.7 Å². The van der Waals surface area contributed by atoms with Crippen molar-refractivity contribution < 1.29 is 13.2 Å². The standard InChI is InChI=1S/C13H29NO3S/c1-4-6-7-8-9-12(3)17-10-13(5-2)11-18(14,15)16/h12-13H,4-11H2,1-3H3,(H2,14,15,16). The predicted octanol–water partition coefficient (Wildman–Crippen LogP) is 2.68. The molecule has 4 nitrogen and oxygen atoms in total. The van der Waals surface area contributed by atoms with Gasteiger partial charge in [-0.3, -0.25) is 0 Å². The molecule has 0 saturated carbocycles. The number of unbranched alkanes of at least 4 members (excludes halogenated alkanes) is 3. The maximum absolute atomic E-state index is 11.0. The van der Waals surface area contributed by atoms with E-state index in [0.29, 0.717) is 6.61 Å². The Morgan fingerprint density at radius 1 is 1.17 bits per heavy atom. The Labute approximate surface area is 112 Å². The number of hydrogen-bond acceptors (Lipinski definition) is 3. The summed E-state index contributed by atoms with van der Waals surface area (Å²) in [5.74, 6) is 0.0320. The summed E-state index contributed by atoms with van der Waals surface area (Å²) in [6, 6.07) is 0. The van der Waals surface area contributed by atoms with Crippen molar-refractivity contribution in [3.05, 3.63) is 0 Å². The largest absolute Gasteiger partial charge is 0.378 e. The van der Waals surface area contributed by atoms with Gasteiger partial charge in [0.25, 0.3) is 0 Å². The summed E-state index contributed by atoms with van der Waals surface area (Å²) in [4.78, 5) is 0. The lowest BCUT2D eigenvalue weighted by Gasteiger charge is -2.18. The Hall–Kier alpha value is -0.130. The normalized spacial score (nSPS) is 15.6. The molecule has 0 aromatic heterocycles. The number of primary sulfonamides is 1. The van der Waals surface area contributed by atoms with Crippen LogP contribution in [0.1, 0.15) is 59.3 Å². The molecule has 2 atom stereocenters. The molecule has 0 bridgehead atoms. The molecule has 0 aromatic rings. The third-order valence-electron chi connectivity index (χ3n) is 3.13. The summed E-state index contributed by atoms with van der Waals surface area (Å²) in [5.41, 5.74) is 0. The van der Waals surface area contributed by atoms with Crippen LogP contribution in [0.4, 0.5) is 0 Å². The van der Waals surface area contributed by atoms with E-state index in [2.05, 4.69) is 13.8 Å². The molecule has 0 saturated heterocycles. The monoisotopic (exact) mass is 279 g/mol. The van der Waals surface area contributed by atoms with E-state index in [4.69, 9.17) is 9.88 Å². The van der Waals surface area contributed by atoms with Gasteiger partial charge < -0.3 is 4.74 Å². The average molecular weight is 279 g/mol. The third-order valence-corrected chi connectivity index (χ3v) is 4.06. The maximum atomic E-state index is 11.0. The van der Waals surface area contributed by atoms with Crippen LogP contribution in [-0.2, 0) is 14.8 Å². The van der Waals surface area contributed by atoms with Crippen LogP contribution < -0.4 is 5.14 Å². The molecule has 2 unspecified atom stereocenters. The Kier molecular flexibility index (Phi) is 9.68. The van der Waals surface area contributed by atoms with Crippen molar-refractivity contribution in [3.63, 3.8) is 0 Å². The highest BCUT2D eigenvalue weighted by Gasteiger charge is 2.15. The fraction of sp³-hybridized carbons (Fsp3) is 1.00. The van der Waals surface area contributed by atoms with Crippen molar-refractivity contribution >= 4 is 10.0 Å². The van der Waals surface area contributed by atoms with Crippen LogP contribution in [-0.4, -0.2) is 26.9 Å². The molecule has 0 aromatic carbocycles. The Morgan fingerprint density at radius 3 is 2.33 bits per heavy atom. The van der Waals surface area contributed by atoms with Gasteiger partial charge in [0.15, 0.2) is 0 Å². The smallest absolute Gasteiger partial charge is 0.209 e. The van der Waals surface area contributed by atoms with Crippen LogP contribution >= 0.6 is 0 Å². The summed E-state index contributed by atoms with van der Waals surface area (Å²) in [6.45, 7) is 6.70. The molecule has 0 rings (SSSR count). The zero-order chi connectivity index (χ0) is 14.0. The summed E-state index contributed by atoms with van der Waals surface area (Å²) in [7, 11) is -3.39. The molecule has 2 N–H and O–H groups in total. The van der Waals surface area contributed by atoms with E-state index in [1.54, 1.807) is 0 Å². The minimum absolute atomic E-state index is 0.0121. The van der Waals surface area contributed by atoms with E-state index >= 15 is 0 Å². The second-order valence-corrected chi connectivity index (χ2v) is 6.76. The SMILES string of the molecule is CCCCCCC(C)OCC(CC)CS(N)(=O)=O. The van der Waals surface area contributed by atoms with Gasteiger partial charge in [-0.05, 0) is 19.3 Å². The molecule has 0 aliphatic rings. The third kappa shape index (κ3) is 11.0. The van der Waals surface area contributed by atoms with E-state index in [9.17, 15) is 8.42 Å². The van der Waals surface area contributed by atoms with Crippen LogP contribution in [0.25, 0.3) is 0 Å². The molecule has 0 aliphatic carbocycles. The first kappa shape index (κ1) is 17.9. The van der Waals surface area contributed by atoms with Crippen molar-refractivity contribution in [2.75, 3.05) is 12.4 Å². The zero-order valence-electron chi connectivity index (χ0n) is 12.0. The molecule has 0 heterocycles. The lowest BCUT2D eigenvalue weighted by Crippen LogP contribution is -2.27. The first-order valence-electron chi connectivity index (χ1n) is 7.01. The van der Waals surface area contributed by atoms with Crippen LogP contribution in [0.15, 0.2) is 0 Å². The zero-order valence-corrected chi connectivity index (χ0v) is 12.8. The number of rotatable bonds is 11. The van der Waals surface area contributed by atoms with Gasteiger partial charge in [-0.25, -0.2) is 13.6 Å². The van der Waals surface area contributed by atoms with E-state index in [1.807, 2.05) is 6.92 Å². The number of ether oxygens (including phenoxy) is 1. The molecule has 0 spiro atoms. The first-order chi connectivity index (χ1) is 8.39. The minimum Gasteiger partial charge on any atom is -0.378 e. The average Bonchev–Trinajstić information content (AvgIpc) is 2.28. The molecule has 0 aliphatic heterocycles. The van der Waals surface area contributed by atoms with Gasteiger partial charge in [0, 0.05) is 0 Å². The highest BCUT2D eigenvalue weighted by atomic mass is 32.2. The van der Waals surface area contributed by atoms with Crippen LogP contribution in [0.3, 0.4) is 0 Å². The van der Waals surface area contributed by atoms with Crippen molar-refractivity contribution in [2.45, 2.75) is 65.4 Å². The van der Waals surface area contributed by atoms with Crippen LogP contribution in [0, 0.1) is 5.92 Å². The molecule has 18 heavy (non-hydrogen) atoms. The van der Waals surface area contributed by atoms with Gasteiger partial charge in [0.2, 0.25) is 10.0 Å². The van der Waals surface area contributed by atoms with E-state index in [-0.39, 0.29) is 17.8 Å². The van der Waals surface area contributed by atoms with Gasteiger partial charge >= 0.3 is 0 Å². The van der Waals surface area contributed by atoms with Gasteiger partial charge in [-0.2, -0.15) is 0 Å². The minimum atomic E-state index is -3.39. The van der Waals surface area contributed by atoms with Gasteiger partial charge in [-0.15, -0.1) is 0 Å². The topological polar surface area (TPSA) is 69.4 Å². The maximum Gasteiger partial charge on any atom is 0.209 e. The van der Waals surface area contributed by atoms with Gasteiger partial charge in [0.05, 0.1) is 18.5 Å². The fourth-order valence-corrected chi connectivity index (χ4v) is 2.84. The van der Waals surface area contributed by atoms with Crippen LogP contribution in [0.5, 0.6) is 0 Å². The summed E-state index contributed by atoms with van der Waals surface area (Å²) in [6.07, 6.45) is 6.97. The summed E-state index contributed by atoms with van der Waals surface area (Å²) >= 11 is 0. The summed E-state index contributed by atoms with van der Waals surface area (Å²) in [5, 5.41) is 5.05. The molecule has 5 heteroatoms. The molecule has 0 amide bonds. The van der Waals surface area contributed by atoms with Crippen LogP contribution in [0.2, 0.25) is 0 Å². The molecular formula is C13H29NO3S. The lowest BCUT2D eigenvalue weighted by atomic mass is 10.1. The Morgan fingerprint density at radius 2 is 1.83 bits per heavy atom. The molecule has 0 fully saturated rings. The second kappa shape index (κ2) is 9.75. The second-order valence-electron chi connectivity index (χ2n) is 5.10. The number of sulfonamides is 1. The van der Waals surface area contributed by atoms with Crippen molar-refractivity contribution in [3.8, 4) is 0 Å². The Balaban J connectivity index is 3.77. The molecule has 110 valence electrons. The highest BCUT2D eigenvalue weighted by molar-refractivity contribution is 7.89. The predicted molar refractivity (Wildman–Crippen MR) is 75.9 cm³/mol. The Bertz CT molecular complexity index is 291. The van der Waals surface area contributed by atoms with Gasteiger partial charge in [0.1, 0.15) is 0 Å². The van der Waals surface area contributed by atoms with E-state index < -0.39 is 10.0 Å². The van der Waals surface area contributed by atoms with Crippen molar-refractivity contribution in [2.24, 2.45) is 11.1 Å². The van der Waals surface area contributed by atoms with Crippen molar-refractivity contribution in [1.29, 1.82) is 0 Å². The highest BCUT2D eigenvalue weighted by Crippen LogP contribution is 2.11. The first-order valence-corrected chi connectivity index (χ1v) is 8.72. The molecule has 0 radical (unpaired) electrons. The van der Waals surface area contributed by atoms with Crippen molar-refractivity contribution in [1.82, 2.24) is 0 Å². The summed E-state index contributed by atoms with van der Waals surface area (Å²) < 4.78 is 27.7.